The lowest BCUT2D eigenvalue weighted by Crippen LogP contribution is -2.47. The number of hydrogen-bond donors (Lipinski definition) is 0. The van der Waals surface area contributed by atoms with E-state index in [-0.39, 0.29) is 23.5 Å². The second-order valence-electron chi connectivity index (χ2n) is 6.21. The third kappa shape index (κ3) is 1.86. The highest BCUT2D eigenvalue weighted by atomic mass is 127. The summed E-state index contributed by atoms with van der Waals surface area (Å²) in [5.41, 5.74) is 1.25. The molecule has 2 aliphatic heterocycles. The number of halogens is 1. The number of ketones is 1. The Kier molecular flexibility index (Phi) is 3.30. The van der Waals surface area contributed by atoms with Crippen LogP contribution >= 0.6 is 22.6 Å². The van der Waals surface area contributed by atoms with Gasteiger partial charge in [-0.05, 0) is 34.2 Å². The lowest BCUT2D eigenvalue weighted by molar-refractivity contribution is -0.127. The van der Waals surface area contributed by atoms with E-state index in [0.29, 0.717) is 16.5 Å². The topological polar surface area (TPSA) is 54.5 Å². The van der Waals surface area contributed by atoms with Crippen molar-refractivity contribution in [3.8, 4) is 0 Å². The highest BCUT2D eigenvalue weighted by Crippen LogP contribution is 2.57. The predicted molar refractivity (Wildman–Crippen MR) is 93.6 cm³/mol. The van der Waals surface area contributed by atoms with Crippen molar-refractivity contribution in [1.82, 2.24) is 4.90 Å². The van der Waals surface area contributed by atoms with Gasteiger partial charge in [0, 0.05) is 30.4 Å². The Labute approximate surface area is 147 Å². The van der Waals surface area contributed by atoms with Crippen LogP contribution < -0.4 is 0 Å². The molecule has 1 unspecified atom stereocenters. The molecular formula is C18H14INO3. The lowest BCUT2D eigenvalue weighted by atomic mass is 9.69. The van der Waals surface area contributed by atoms with Crippen LogP contribution in [0.4, 0.5) is 0 Å². The molecule has 1 amide bonds. The third-order valence-corrected chi connectivity index (χ3v) is 6.16. The number of benzene rings is 1. The van der Waals surface area contributed by atoms with Crippen LogP contribution in [0.25, 0.3) is 5.57 Å². The minimum atomic E-state index is -0.658. The van der Waals surface area contributed by atoms with E-state index in [1.54, 1.807) is 11.0 Å². The number of amides is 1. The lowest BCUT2D eigenvalue weighted by Gasteiger charge is -2.39. The van der Waals surface area contributed by atoms with Crippen LogP contribution in [-0.2, 0) is 14.4 Å². The van der Waals surface area contributed by atoms with Crippen LogP contribution in [-0.4, -0.2) is 35.0 Å². The fourth-order valence-corrected chi connectivity index (χ4v) is 5.23. The van der Waals surface area contributed by atoms with E-state index in [2.05, 4.69) is 22.6 Å². The van der Waals surface area contributed by atoms with Crippen molar-refractivity contribution < 1.29 is 14.4 Å². The molecule has 3 aliphatic rings. The Morgan fingerprint density at radius 1 is 1.22 bits per heavy atom. The molecule has 0 aromatic heterocycles. The fourth-order valence-electron chi connectivity index (χ4n) is 4.20. The average molecular weight is 419 g/mol. The molecule has 2 heterocycles. The number of hydrogen-bond acceptors (Lipinski definition) is 3. The van der Waals surface area contributed by atoms with Crippen LogP contribution in [0.3, 0.4) is 0 Å². The molecule has 4 nitrogen and oxygen atoms in total. The summed E-state index contributed by atoms with van der Waals surface area (Å²) in [4.78, 5) is 38.0. The maximum atomic E-state index is 12.8. The number of allylic oxidation sites excluding steroid dienone is 1. The SMILES string of the molecule is O=C[C@H]1CN2C(=O)C(I)=C(c3ccccc3)[C@]23C=CC(=O)CC13. The largest absolute Gasteiger partial charge is 0.324 e. The van der Waals surface area contributed by atoms with E-state index in [1.807, 2.05) is 36.4 Å². The minimum absolute atomic E-state index is 0.0242. The monoisotopic (exact) mass is 419 g/mol. The molecule has 116 valence electrons. The normalized spacial score (nSPS) is 32.3. The van der Waals surface area contributed by atoms with Crippen molar-refractivity contribution in [3.63, 3.8) is 0 Å². The van der Waals surface area contributed by atoms with Crippen molar-refractivity contribution in [1.29, 1.82) is 0 Å². The molecule has 1 fully saturated rings. The van der Waals surface area contributed by atoms with Gasteiger partial charge in [-0.2, -0.15) is 0 Å². The van der Waals surface area contributed by atoms with E-state index in [1.165, 1.54) is 0 Å². The van der Waals surface area contributed by atoms with Gasteiger partial charge in [-0.1, -0.05) is 36.4 Å². The standard InChI is InChI=1S/C18H14INO3/c19-16-15(11-4-2-1-3-5-11)18-7-6-13(22)8-14(18)12(10-21)9-20(18)17(16)23/h1-7,10,12,14H,8-9H2/t12-,14?,18-/m1/s1. The van der Waals surface area contributed by atoms with Crippen LogP contribution in [0.1, 0.15) is 12.0 Å². The van der Waals surface area contributed by atoms with E-state index >= 15 is 0 Å². The Bertz CT molecular complexity index is 783. The van der Waals surface area contributed by atoms with Crippen molar-refractivity contribution in [2.24, 2.45) is 11.8 Å². The van der Waals surface area contributed by atoms with Gasteiger partial charge in [0.05, 0.1) is 9.12 Å². The fraction of sp³-hybridized carbons (Fsp3) is 0.278. The highest BCUT2D eigenvalue weighted by molar-refractivity contribution is 14.1. The first-order valence-electron chi connectivity index (χ1n) is 7.54. The molecule has 1 aromatic rings. The van der Waals surface area contributed by atoms with Crippen LogP contribution in [0.2, 0.25) is 0 Å². The van der Waals surface area contributed by atoms with E-state index in [4.69, 9.17) is 0 Å². The summed E-state index contributed by atoms with van der Waals surface area (Å²) in [5.74, 6) is -0.492. The predicted octanol–water partition coefficient (Wildman–Crippen LogP) is 2.39. The Hall–Kier alpha value is -1.76. The number of nitrogens with zero attached hydrogens (tertiary/aromatic N) is 1. The minimum Gasteiger partial charge on any atom is -0.324 e. The molecule has 1 spiro atoms. The first kappa shape index (κ1) is 14.8. The highest BCUT2D eigenvalue weighted by Gasteiger charge is 2.62. The quantitative estimate of drug-likeness (QED) is 0.547. The number of aldehydes is 1. The molecule has 1 aliphatic carbocycles. The van der Waals surface area contributed by atoms with Crippen molar-refractivity contribution in [2.75, 3.05) is 6.54 Å². The molecule has 1 aromatic carbocycles. The van der Waals surface area contributed by atoms with Crippen molar-refractivity contribution in [2.45, 2.75) is 12.0 Å². The molecule has 4 rings (SSSR count). The number of carbonyl (C=O) groups is 3. The summed E-state index contributed by atoms with van der Waals surface area (Å²) in [6.45, 7) is 0.382. The van der Waals surface area contributed by atoms with Crippen LogP contribution in [0, 0.1) is 11.8 Å². The summed E-state index contributed by atoms with van der Waals surface area (Å²) < 4.78 is 0.683. The molecule has 1 saturated heterocycles. The van der Waals surface area contributed by atoms with E-state index in [9.17, 15) is 14.4 Å². The van der Waals surface area contributed by atoms with Gasteiger partial charge in [-0.15, -0.1) is 0 Å². The molecule has 0 radical (unpaired) electrons. The Morgan fingerprint density at radius 2 is 1.96 bits per heavy atom. The second kappa shape index (κ2) is 5.12. The van der Waals surface area contributed by atoms with Gasteiger partial charge in [0.1, 0.15) is 6.29 Å². The smallest absolute Gasteiger partial charge is 0.261 e. The molecule has 5 heteroatoms. The maximum absolute atomic E-state index is 12.8. The van der Waals surface area contributed by atoms with Gasteiger partial charge in [0.25, 0.3) is 5.91 Å². The summed E-state index contributed by atoms with van der Waals surface area (Å²) in [7, 11) is 0. The molecule has 3 atom stereocenters. The van der Waals surface area contributed by atoms with Gasteiger partial charge in [0.2, 0.25) is 0 Å². The number of rotatable bonds is 2. The van der Waals surface area contributed by atoms with Crippen molar-refractivity contribution in [3.05, 3.63) is 51.6 Å². The van der Waals surface area contributed by atoms with Crippen LogP contribution in [0.15, 0.2) is 46.1 Å². The molecule has 0 bridgehead atoms. The zero-order valence-corrected chi connectivity index (χ0v) is 14.4. The Balaban J connectivity index is 1.98. The van der Waals surface area contributed by atoms with E-state index in [0.717, 1.165) is 17.4 Å². The maximum Gasteiger partial charge on any atom is 0.261 e. The van der Waals surface area contributed by atoms with E-state index < -0.39 is 5.54 Å². The summed E-state index contributed by atoms with van der Waals surface area (Å²) >= 11 is 2.10. The molecule has 0 saturated carbocycles. The Morgan fingerprint density at radius 3 is 2.65 bits per heavy atom. The van der Waals surface area contributed by atoms with Gasteiger partial charge >= 0.3 is 0 Å². The second-order valence-corrected chi connectivity index (χ2v) is 7.29. The van der Waals surface area contributed by atoms with Gasteiger partial charge in [-0.3, -0.25) is 9.59 Å². The molecule has 0 N–H and O–H groups in total. The van der Waals surface area contributed by atoms with Crippen LogP contribution in [0.5, 0.6) is 0 Å². The summed E-state index contributed by atoms with van der Waals surface area (Å²) in [6.07, 6.45) is 4.63. The molecule has 23 heavy (non-hydrogen) atoms. The van der Waals surface area contributed by atoms with Gasteiger partial charge in [0.15, 0.2) is 5.78 Å². The summed E-state index contributed by atoms with van der Waals surface area (Å²) in [6, 6.07) is 9.78. The third-order valence-electron chi connectivity index (χ3n) is 5.16. The summed E-state index contributed by atoms with van der Waals surface area (Å²) in [5, 5.41) is 0. The zero-order valence-electron chi connectivity index (χ0n) is 12.2. The first-order chi connectivity index (χ1) is 11.1. The van der Waals surface area contributed by atoms with Gasteiger partial charge < -0.3 is 9.69 Å². The van der Waals surface area contributed by atoms with Crippen molar-refractivity contribution >= 4 is 46.1 Å². The zero-order chi connectivity index (χ0) is 16.2. The first-order valence-corrected chi connectivity index (χ1v) is 8.62. The molecular weight excluding hydrogens is 405 g/mol. The average Bonchev–Trinajstić information content (AvgIpc) is 2.99. The number of carbonyl (C=O) groups excluding carboxylic acids is 3. The van der Waals surface area contributed by atoms with Gasteiger partial charge in [-0.25, -0.2) is 0 Å².